The molecule has 1 heterocycles. The van der Waals surface area contributed by atoms with E-state index in [1.54, 1.807) is 0 Å². The van der Waals surface area contributed by atoms with Gasteiger partial charge in [0, 0.05) is 26.7 Å². The number of anilines is 5. The van der Waals surface area contributed by atoms with E-state index in [0.29, 0.717) is 11.6 Å². The number of para-hydroxylation sites is 2. The largest absolute Gasteiger partial charge is 0.376 e. The smallest absolute Gasteiger partial charge is 0.223 e. The molecule has 0 saturated carbocycles. The molecule has 2 aromatic rings. The topological polar surface area (TPSA) is 79.1 Å². The van der Waals surface area contributed by atoms with Crippen molar-refractivity contribution in [1.29, 1.82) is 0 Å². The van der Waals surface area contributed by atoms with Crippen molar-refractivity contribution in [3.8, 4) is 0 Å². The zero-order chi connectivity index (χ0) is 14.5. The first-order chi connectivity index (χ1) is 9.60. The van der Waals surface area contributed by atoms with E-state index >= 15 is 0 Å². The van der Waals surface area contributed by atoms with Gasteiger partial charge in [-0.05, 0) is 19.1 Å². The Labute approximate surface area is 119 Å². The van der Waals surface area contributed by atoms with Gasteiger partial charge in [-0.3, -0.25) is 0 Å². The molecule has 106 valence electrons. The summed E-state index contributed by atoms with van der Waals surface area (Å²) in [5.74, 6) is 1.63. The molecule has 0 unspecified atom stereocenters. The van der Waals surface area contributed by atoms with Gasteiger partial charge in [-0.15, -0.1) is 0 Å². The molecule has 1 aromatic carbocycles. The van der Waals surface area contributed by atoms with Crippen LogP contribution >= 0.6 is 0 Å². The number of benzene rings is 1. The maximum atomic E-state index is 5.73. The van der Waals surface area contributed by atoms with E-state index in [2.05, 4.69) is 20.6 Å². The Kier molecular flexibility index (Phi) is 4.24. The summed E-state index contributed by atoms with van der Waals surface area (Å²) < 4.78 is 0. The second-order valence-electron chi connectivity index (χ2n) is 4.56. The SMILES string of the molecule is CCNc1cc(Nc2ccccc2N(C)C)nc(N)n1. The Hall–Kier alpha value is -2.50. The van der Waals surface area contributed by atoms with Gasteiger partial charge in [0.2, 0.25) is 5.95 Å². The lowest BCUT2D eigenvalue weighted by Gasteiger charge is -2.18. The molecule has 0 atom stereocenters. The maximum Gasteiger partial charge on any atom is 0.223 e. The Morgan fingerprint density at radius 1 is 1.15 bits per heavy atom. The van der Waals surface area contributed by atoms with Gasteiger partial charge >= 0.3 is 0 Å². The van der Waals surface area contributed by atoms with Crippen LogP contribution in [0.25, 0.3) is 0 Å². The number of rotatable bonds is 5. The summed E-state index contributed by atoms with van der Waals surface area (Å²) in [6.07, 6.45) is 0. The summed E-state index contributed by atoms with van der Waals surface area (Å²) in [5.41, 5.74) is 7.78. The van der Waals surface area contributed by atoms with Gasteiger partial charge in [-0.2, -0.15) is 9.97 Å². The van der Waals surface area contributed by atoms with Crippen molar-refractivity contribution in [3.05, 3.63) is 30.3 Å². The fourth-order valence-corrected chi connectivity index (χ4v) is 1.91. The minimum atomic E-state index is 0.244. The summed E-state index contributed by atoms with van der Waals surface area (Å²) in [7, 11) is 4.00. The average molecular weight is 272 g/mol. The fourth-order valence-electron chi connectivity index (χ4n) is 1.91. The molecule has 4 N–H and O–H groups in total. The lowest BCUT2D eigenvalue weighted by molar-refractivity contribution is 1.11. The van der Waals surface area contributed by atoms with E-state index in [1.807, 2.05) is 56.3 Å². The number of aromatic nitrogens is 2. The molecule has 20 heavy (non-hydrogen) atoms. The summed E-state index contributed by atoms with van der Waals surface area (Å²) in [6.45, 7) is 2.79. The van der Waals surface area contributed by atoms with E-state index in [1.165, 1.54) is 0 Å². The molecule has 0 saturated heterocycles. The van der Waals surface area contributed by atoms with Crippen LogP contribution in [0.3, 0.4) is 0 Å². The van der Waals surface area contributed by atoms with Crippen LogP contribution in [0.4, 0.5) is 29.0 Å². The monoisotopic (exact) mass is 272 g/mol. The molecule has 1 aromatic heterocycles. The van der Waals surface area contributed by atoms with Crippen molar-refractivity contribution in [1.82, 2.24) is 9.97 Å². The molecule has 0 fully saturated rings. The molecule has 0 amide bonds. The molecular weight excluding hydrogens is 252 g/mol. The second kappa shape index (κ2) is 6.10. The Balaban J connectivity index is 2.30. The van der Waals surface area contributed by atoms with Crippen molar-refractivity contribution in [2.45, 2.75) is 6.92 Å². The third kappa shape index (κ3) is 3.28. The molecule has 0 aliphatic rings. The van der Waals surface area contributed by atoms with Crippen LogP contribution < -0.4 is 21.3 Å². The number of hydrogen-bond acceptors (Lipinski definition) is 6. The number of nitrogens with one attached hydrogen (secondary N) is 2. The van der Waals surface area contributed by atoms with Crippen molar-refractivity contribution in [2.24, 2.45) is 0 Å². The van der Waals surface area contributed by atoms with Crippen molar-refractivity contribution in [3.63, 3.8) is 0 Å². The van der Waals surface area contributed by atoms with Gasteiger partial charge < -0.3 is 21.3 Å². The highest BCUT2D eigenvalue weighted by Gasteiger charge is 2.06. The van der Waals surface area contributed by atoms with Gasteiger partial charge in [0.05, 0.1) is 11.4 Å². The van der Waals surface area contributed by atoms with Gasteiger partial charge in [0.1, 0.15) is 11.6 Å². The lowest BCUT2D eigenvalue weighted by atomic mass is 10.2. The zero-order valence-electron chi connectivity index (χ0n) is 12.0. The number of nitrogens with zero attached hydrogens (tertiary/aromatic N) is 3. The Bertz CT molecular complexity index is 582. The predicted octanol–water partition coefficient (Wildman–Crippen LogP) is 2.30. The van der Waals surface area contributed by atoms with Crippen LogP contribution in [0, 0.1) is 0 Å². The molecule has 0 aliphatic heterocycles. The normalized spacial score (nSPS) is 10.2. The van der Waals surface area contributed by atoms with E-state index in [-0.39, 0.29) is 5.95 Å². The molecule has 2 rings (SSSR count). The standard InChI is InChI=1S/C14H20N6/c1-4-16-12-9-13(19-14(15)18-12)17-10-7-5-6-8-11(10)20(2)3/h5-9H,4H2,1-3H3,(H4,15,16,17,18,19). The van der Waals surface area contributed by atoms with Crippen LogP contribution in [0.5, 0.6) is 0 Å². The zero-order valence-corrected chi connectivity index (χ0v) is 12.0. The second-order valence-corrected chi connectivity index (χ2v) is 4.56. The Morgan fingerprint density at radius 2 is 1.85 bits per heavy atom. The van der Waals surface area contributed by atoms with E-state index in [0.717, 1.165) is 17.9 Å². The molecule has 0 aliphatic carbocycles. The molecule has 0 radical (unpaired) electrons. The Morgan fingerprint density at radius 3 is 2.55 bits per heavy atom. The highest BCUT2D eigenvalue weighted by molar-refractivity contribution is 5.74. The van der Waals surface area contributed by atoms with E-state index in [4.69, 9.17) is 5.73 Å². The number of nitrogens with two attached hydrogens (primary N) is 1. The predicted molar refractivity (Wildman–Crippen MR) is 84.7 cm³/mol. The van der Waals surface area contributed by atoms with Crippen molar-refractivity contribution >= 4 is 29.0 Å². The van der Waals surface area contributed by atoms with Crippen LogP contribution in [0.2, 0.25) is 0 Å². The first kappa shape index (κ1) is 13.9. The third-order valence-corrected chi connectivity index (χ3v) is 2.75. The lowest BCUT2D eigenvalue weighted by Crippen LogP contribution is -2.11. The quantitative estimate of drug-likeness (QED) is 0.775. The van der Waals surface area contributed by atoms with E-state index in [9.17, 15) is 0 Å². The van der Waals surface area contributed by atoms with Crippen LogP contribution in [0.1, 0.15) is 6.92 Å². The first-order valence-corrected chi connectivity index (χ1v) is 6.52. The van der Waals surface area contributed by atoms with Gasteiger partial charge in [0.15, 0.2) is 0 Å². The van der Waals surface area contributed by atoms with Crippen LogP contribution in [-0.4, -0.2) is 30.6 Å². The summed E-state index contributed by atoms with van der Waals surface area (Å²) >= 11 is 0. The maximum absolute atomic E-state index is 5.73. The van der Waals surface area contributed by atoms with Crippen LogP contribution in [0.15, 0.2) is 30.3 Å². The van der Waals surface area contributed by atoms with Gasteiger partial charge in [0.25, 0.3) is 0 Å². The fraction of sp³-hybridized carbons (Fsp3) is 0.286. The highest BCUT2D eigenvalue weighted by Crippen LogP contribution is 2.27. The molecule has 0 spiro atoms. The summed E-state index contributed by atoms with van der Waals surface area (Å²) in [5, 5.41) is 6.41. The first-order valence-electron chi connectivity index (χ1n) is 6.52. The van der Waals surface area contributed by atoms with E-state index < -0.39 is 0 Å². The average Bonchev–Trinajstić information content (AvgIpc) is 2.38. The van der Waals surface area contributed by atoms with Gasteiger partial charge in [-0.1, -0.05) is 12.1 Å². The number of nitrogen functional groups attached to an aromatic ring is 1. The molecule has 6 nitrogen and oxygen atoms in total. The summed E-state index contributed by atoms with van der Waals surface area (Å²) in [6, 6.07) is 9.86. The summed E-state index contributed by atoms with van der Waals surface area (Å²) in [4.78, 5) is 10.4. The van der Waals surface area contributed by atoms with Crippen LogP contribution in [-0.2, 0) is 0 Å². The molecule has 0 bridgehead atoms. The van der Waals surface area contributed by atoms with Crippen molar-refractivity contribution in [2.75, 3.05) is 41.9 Å². The highest BCUT2D eigenvalue weighted by atomic mass is 15.1. The van der Waals surface area contributed by atoms with Gasteiger partial charge in [-0.25, -0.2) is 0 Å². The minimum Gasteiger partial charge on any atom is -0.376 e. The molecule has 6 heteroatoms. The minimum absolute atomic E-state index is 0.244. The van der Waals surface area contributed by atoms with Crippen molar-refractivity contribution < 1.29 is 0 Å². The third-order valence-electron chi connectivity index (χ3n) is 2.75. The molecular formula is C14H20N6. The number of hydrogen-bond donors (Lipinski definition) is 3.